The van der Waals surface area contributed by atoms with Gasteiger partial charge in [0.05, 0.1) is 7.11 Å². The van der Waals surface area contributed by atoms with Crippen molar-refractivity contribution >= 4 is 5.91 Å². The monoisotopic (exact) mass is 356 g/mol. The number of nitrogens with one attached hydrogen (secondary N) is 1. The third-order valence-electron chi connectivity index (χ3n) is 5.07. The van der Waals surface area contributed by atoms with Crippen molar-refractivity contribution in [1.82, 2.24) is 20.4 Å². The first kappa shape index (κ1) is 17.0. The first-order valence-corrected chi connectivity index (χ1v) is 9.28. The summed E-state index contributed by atoms with van der Waals surface area (Å²) in [6.45, 7) is 4.04. The molecule has 138 valence electrons. The van der Waals surface area contributed by atoms with Gasteiger partial charge in [-0.1, -0.05) is 19.0 Å². The molecule has 0 aliphatic heterocycles. The molecule has 0 aromatic carbocycles. The molecule has 0 bridgehead atoms. The average Bonchev–Trinajstić information content (AvgIpc) is 3.18. The van der Waals surface area contributed by atoms with Gasteiger partial charge in [0.1, 0.15) is 11.6 Å². The molecule has 1 N–H and O–H groups in total. The molecule has 2 aliphatic carbocycles. The van der Waals surface area contributed by atoms with Gasteiger partial charge in [0.25, 0.3) is 5.91 Å². The average molecular weight is 356 g/mol. The van der Waals surface area contributed by atoms with Crippen molar-refractivity contribution in [2.75, 3.05) is 7.11 Å². The number of fused-ring (bicyclic) bond motifs is 1. The lowest BCUT2D eigenvalue weighted by Gasteiger charge is -2.19. The van der Waals surface area contributed by atoms with Crippen LogP contribution in [0.5, 0.6) is 5.88 Å². The number of aryl methyl sites for hydroxylation is 2. The Morgan fingerprint density at radius 1 is 1.31 bits per heavy atom. The maximum absolute atomic E-state index is 12.9. The van der Waals surface area contributed by atoms with E-state index >= 15 is 0 Å². The topological polar surface area (TPSA) is 90.1 Å². The number of methoxy groups -OCH3 is 1. The summed E-state index contributed by atoms with van der Waals surface area (Å²) in [6, 6.07) is 1.56. The molecule has 1 atom stereocenters. The Balaban J connectivity index is 1.58. The van der Waals surface area contributed by atoms with Gasteiger partial charge in [-0.05, 0) is 49.7 Å². The standard InChI is InChI=1S/C19H24N4O3/c1-10(2)15(19-22-16(23-26-19)11-7-8-11)21-17(24)13-9-12-5-4-6-14(12)20-18(13)25-3/h9-11,15H,4-8H2,1-3H3,(H,21,24). The van der Waals surface area contributed by atoms with Crippen molar-refractivity contribution < 1.29 is 14.1 Å². The number of carbonyl (C=O) groups excluding carboxylic acids is 1. The van der Waals surface area contributed by atoms with Crippen molar-refractivity contribution in [2.45, 2.75) is 57.9 Å². The minimum absolute atomic E-state index is 0.111. The molecule has 7 heteroatoms. The molecule has 4 rings (SSSR count). The summed E-state index contributed by atoms with van der Waals surface area (Å²) in [5.41, 5.74) is 2.62. The second-order valence-electron chi connectivity index (χ2n) is 7.46. The van der Waals surface area contributed by atoms with Crippen LogP contribution >= 0.6 is 0 Å². The molecule has 0 spiro atoms. The van der Waals surface area contributed by atoms with Gasteiger partial charge in [-0.2, -0.15) is 4.98 Å². The Morgan fingerprint density at radius 2 is 2.12 bits per heavy atom. The number of hydrogen-bond donors (Lipinski definition) is 1. The summed E-state index contributed by atoms with van der Waals surface area (Å²) in [5, 5.41) is 7.10. The summed E-state index contributed by atoms with van der Waals surface area (Å²) in [4.78, 5) is 22.0. The predicted molar refractivity (Wildman–Crippen MR) is 94.1 cm³/mol. The van der Waals surface area contributed by atoms with Gasteiger partial charge < -0.3 is 14.6 Å². The van der Waals surface area contributed by atoms with Gasteiger partial charge in [-0.15, -0.1) is 0 Å². The predicted octanol–water partition coefficient (Wildman–Crippen LogP) is 2.97. The Kier molecular flexibility index (Phi) is 4.38. The van der Waals surface area contributed by atoms with Crippen LogP contribution in [0.2, 0.25) is 0 Å². The molecule has 1 fully saturated rings. The number of hydrogen-bond acceptors (Lipinski definition) is 6. The lowest BCUT2D eigenvalue weighted by molar-refractivity contribution is 0.0910. The van der Waals surface area contributed by atoms with E-state index in [1.54, 1.807) is 7.11 Å². The van der Waals surface area contributed by atoms with Crippen molar-refractivity contribution in [3.05, 3.63) is 34.6 Å². The van der Waals surface area contributed by atoms with Crippen LogP contribution in [-0.2, 0) is 12.8 Å². The van der Waals surface area contributed by atoms with Crippen LogP contribution in [0.15, 0.2) is 10.6 Å². The van der Waals surface area contributed by atoms with Crippen LogP contribution in [-0.4, -0.2) is 28.1 Å². The highest BCUT2D eigenvalue weighted by atomic mass is 16.5. The molecule has 2 aromatic heterocycles. The fourth-order valence-electron chi connectivity index (χ4n) is 3.38. The van der Waals surface area contributed by atoms with Crippen LogP contribution < -0.4 is 10.1 Å². The van der Waals surface area contributed by atoms with Crippen LogP contribution in [0.1, 0.15) is 78.4 Å². The number of nitrogens with zero attached hydrogens (tertiary/aromatic N) is 3. The SMILES string of the molecule is COc1nc2c(cc1C(=O)NC(c1nc(C3CC3)no1)C(C)C)CCC2. The van der Waals surface area contributed by atoms with E-state index in [0.29, 0.717) is 23.3 Å². The van der Waals surface area contributed by atoms with Crippen molar-refractivity contribution in [1.29, 1.82) is 0 Å². The third kappa shape index (κ3) is 3.18. The minimum atomic E-state index is -0.347. The smallest absolute Gasteiger partial charge is 0.257 e. The normalized spacial score (nSPS) is 17.2. The first-order chi connectivity index (χ1) is 12.6. The summed E-state index contributed by atoms with van der Waals surface area (Å²) in [6.07, 6.45) is 5.17. The Bertz CT molecular complexity index is 826. The molecule has 0 radical (unpaired) electrons. The molecule has 2 aromatic rings. The van der Waals surface area contributed by atoms with Crippen LogP contribution in [0.4, 0.5) is 0 Å². The molecule has 26 heavy (non-hydrogen) atoms. The van der Waals surface area contributed by atoms with Crippen molar-refractivity contribution in [3.8, 4) is 5.88 Å². The Hall–Kier alpha value is -2.44. The zero-order chi connectivity index (χ0) is 18.3. The van der Waals surface area contributed by atoms with E-state index in [1.807, 2.05) is 19.9 Å². The van der Waals surface area contributed by atoms with Crippen LogP contribution in [0, 0.1) is 5.92 Å². The number of amides is 1. The van der Waals surface area contributed by atoms with Gasteiger partial charge in [0.15, 0.2) is 5.82 Å². The summed E-state index contributed by atoms with van der Waals surface area (Å²) in [7, 11) is 1.54. The van der Waals surface area contributed by atoms with E-state index in [-0.39, 0.29) is 17.9 Å². The fraction of sp³-hybridized carbons (Fsp3) is 0.579. The molecule has 2 aliphatic rings. The molecular formula is C19H24N4O3. The molecule has 1 unspecified atom stereocenters. The number of rotatable bonds is 6. The lowest BCUT2D eigenvalue weighted by atomic mass is 10.0. The number of pyridine rings is 1. The molecule has 2 heterocycles. The third-order valence-corrected chi connectivity index (χ3v) is 5.07. The minimum Gasteiger partial charge on any atom is -0.480 e. The quantitative estimate of drug-likeness (QED) is 0.856. The lowest BCUT2D eigenvalue weighted by Crippen LogP contribution is -2.32. The van der Waals surface area contributed by atoms with E-state index in [0.717, 1.165) is 49.2 Å². The summed E-state index contributed by atoms with van der Waals surface area (Å²) >= 11 is 0. The van der Waals surface area contributed by atoms with Gasteiger partial charge in [0, 0.05) is 11.6 Å². The van der Waals surface area contributed by atoms with Gasteiger partial charge in [0.2, 0.25) is 11.8 Å². The molecular weight excluding hydrogens is 332 g/mol. The van der Waals surface area contributed by atoms with Gasteiger partial charge >= 0.3 is 0 Å². The van der Waals surface area contributed by atoms with Crippen LogP contribution in [0.25, 0.3) is 0 Å². The summed E-state index contributed by atoms with van der Waals surface area (Å²) in [5.74, 6) is 1.88. The van der Waals surface area contributed by atoms with E-state index in [1.165, 1.54) is 0 Å². The largest absolute Gasteiger partial charge is 0.480 e. The highest BCUT2D eigenvalue weighted by molar-refractivity contribution is 5.96. The fourth-order valence-corrected chi connectivity index (χ4v) is 3.38. The molecule has 1 saturated carbocycles. The molecule has 7 nitrogen and oxygen atoms in total. The first-order valence-electron chi connectivity index (χ1n) is 9.28. The second-order valence-corrected chi connectivity index (χ2v) is 7.46. The van der Waals surface area contributed by atoms with Crippen LogP contribution in [0.3, 0.4) is 0 Å². The van der Waals surface area contributed by atoms with Gasteiger partial charge in [-0.25, -0.2) is 4.98 Å². The second kappa shape index (κ2) is 6.70. The van der Waals surface area contributed by atoms with Crippen molar-refractivity contribution in [3.63, 3.8) is 0 Å². The summed E-state index contributed by atoms with van der Waals surface area (Å²) < 4.78 is 10.8. The Morgan fingerprint density at radius 3 is 2.81 bits per heavy atom. The highest BCUT2D eigenvalue weighted by Gasteiger charge is 2.32. The van der Waals surface area contributed by atoms with Gasteiger partial charge in [-0.3, -0.25) is 4.79 Å². The zero-order valence-corrected chi connectivity index (χ0v) is 15.4. The van der Waals surface area contributed by atoms with E-state index in [9.17, 15) is 4.79 Å². The van der Waals surface area contributed by atoms with E-state index in [2.05, 4.69) is 20.4 Å². The maximum Gasteiger partial charge on any atom is 0.257 e. The number of ether oxygens (including phenoxy) is 1. The Labute approximate surface area is 152 Å². The van der Waals surface area contributed by atoms with E-state index < -0.39 is 0 Å². The maximum atomic E-state index is 12.9. The highest BCUT2D eigenvalue weighted by Crippen LogP contribution is 2.38. The van der Waals surface area contributed by atoms with Crippen molar-refractivity contribution in [2.24, 2.45) is 5.92 Å². The number of carbonyl (C=O) groups is 1. The number of aromatic nitrogens is 3. The molecule has 1 amide bonds. The molecule has 0 saturated heterocycles. The zero-order valence-electron chi connectivity index (χ0n) is 15.4. The van der Waals surface area contributed by atoms with E-state index in [4.69, 9.17) is 9.26 Å².